The van der Waals surface area contributed by atoms with E-state index in [0.717, 1.165) is 78.0 Å². The molecule has 4 heteroatoms. The highest BCUT2D eigenvalue weighted by molar-refractivity contribution is 6.07. The van der Waals surface area contributed by atoms with Gasteiger partial charge in [-0.15, -0.1) is 0 Å². The van der Waals surface area contributed by atoms with Gasteiger partial charge in [0.05, 0.1) is 39.4 Å². The fourth-order valence-corrected chi connectivity index (χ4v) is 8.09. The van der Waals surface area contributed by atoms with E-state index in [1.165, 1.54) is 5.57 Å². The van der Waals surface area contributed by atoms with Crippen LogP contribution in [0.4, 0.5) is 0 Å². The molecule has 0 aliphatic heterocycles. The molecule has 0 saturated carbocycles. The van der Waals surface area contributed by atoms with Crippen molar-refractivity contribution in [3.63, 3.8) is 0 Å². The predicted octanol–water partition coefficient (Wildman–Crippen LogP) is 12.6. The van der Waals surface area contributed by atoms with Crippen LogP contribution in [0.15, 0.2) is 206 Å². The molecule has 10 rings (SSSR count). The number of rotatable bonds is 7. The number of hydrogen-bond donors (Lipinski definition) is 0. The Balaban J connectivity index is 1.37. The molecule has 2 aromatic heterocycles. The van der Waals surface area contributed by atoms with Gasteiger partial charge in [-0.1, -0.05) is 206 Å². The minimum absolute atomic E-state index is 0.605. The van der Waals surface area contributed by atoms with Gasteiger partial charge >= 0.3 is 0 Å². The zero-order valence-electron chi connectivity index (χ0n) is 30.6. The van der Waals surface area contributed by atoms with Crippen LogP contribution in [0, 0.1) is 0 Å². The van der Waals surface area contributed by atoms with Crippen molar-refractivity contribution in [2.75, 3.05) is 0 Å². The summed E-state index contributed by atoms with van der Waals surface area (Å²) in [6.07, 6.45) is 7.33. The lowest BCUT2D eigenvalue weighted by atomic mass is 9.69. The zero-order chi connectivity index (χ0) is 37.3. The van der Waals surface area contributed by atoms with Gasteiger partial charge in [0.15, 0.2) is 5.82 Å². The van der Waals surface area contributed by atoms with E-state index in [4.69, 9.17) is 19.9 Å². The van der Waals surface area contributed by atoms with E-state index < -0.39 is 5.41 Å². The summed E-state index contributed by atoms with van der Waals surface area (Å²) in [5, 5.41) is 3.19. The Labute approximate surface area is 326 Å². The highest BCUT2D eigenvalue weighted by Gasteiger charge is 2.42. The fraction of sp³-hybridized carbons (Fsp3) is 0.0385. The third-order valence-corrected chi connectivity index (χ3v) is 10.8. The fourth-order valence-electron chi connectivity index (χ4n) is 8.09. The number of fused-ring (bicyclic) bond motifs is 3. The Kier molecular flexibility index (Phi) is 8.42. The van der Waals surface area contributed by atoms with Crippen molar-refractivity contribution in [1.29, 1.82) is 0 Å². The smallest absolute Gasteiger partial charge is 0.160 e. The number of benzene rings is 7. The molecule has 0 saturated heterocycles. The standard InChI is InChI=1S/C52H36N4/c1-6-19-36(20-7-1)42-30-18-34-52(35-42,49-44-33-32-37-21-16-17-31-43(37)48(44)55-51(56-49)41-28-14-5-15-29-41)50-47(40-26-12-4-13-27-40)53-45(38-22-8-2-9-23-38)46(54-50)39-24-10-3-11-25-39/h1-34H,35H2. The van der Waals surface area contributed by atoms with Crippen molar-refractivity contribution in [2.24, 2.45) is 0 Å². The molecule has 1 unspecified atom stereocenters. The molecule has 9 aromatic rings. The molecule has 56 heavy (non-hydrogen) atoms. The van der Waals surface area contributed by atoms with Crippen molar-refractivity contribution in [1.82, 2.24) is 19.9 Å². The Morgan fingerprint density at radius 2 is 0.893 bits per heavy atom. The third-order valence-electron chi connectivity index (χ3n) is 10.8. The monoisotopic (exact) mass is 716 g/mol. The lowest BCUT2D eigenvalue weighted by Gasteiger charge is -2.36. The molecule has 0 spiro atoms. The number of hydrogen-bond acceptors (Lipinski definition) is 4. The van der Waals surface area contributed by atoms with Crippen LogP contribution in [0.3, 0.4) is 0 Å². The van der Waals surface area contributed by atoms with E-state index in [-0.39, 0.29) is 0 Å². The van der Waals surface area contributed by atoms with Crippen LogP contribution in [0.25, 0.3) is 72.4 Å². The normalized spacial score (nSPS) is 15.2. The highest BCUT2D eigenvalue weighted by Crippen LogP contribution is 2.49. The van der Waals surface area contributed by atoms with Gasteiger partial charge in [0, 0.05) is 33.0 Å². The average molecular weight is 717 g/mol. The first-order valence-corrected chi connectivity index (χ1v) is 19.0. The molecule has 264 valence electrons. The second-order valence-electron chi connectivity index (χ2n) is 14.2. The van der Waals surface area contributed by atoms with E-state index in [1.54, 1.807) is 0 Å². The molecule has 0 fully saturated rings. The summed E-state index contributed by atoms with van der Waals surface area (Å²) < 4.78 is 0. The summed E-state index contributed by atoms with van der Waals surface area (Å²) in [5.74, 6) is 0.673. The summed E-state index contributed by atoms with van der Waals surface area (Å²) in [6.45, 7) is 0. The van der Waals surface area contributed by atoms with E-state index in [9.17, 15) is 0 Å². The Bertz CT molecular complexity index is 2910. The maximum absolute atomic E-state index is 5.87. The SMILES string of the molecule is C1=CC(c2nc(-c3ccccc3)c(-c3ccccc3)nc2-c2ccccc2)(c2nc(-c3ccccc3)nc3c2ccc2ccccc23)CC(c2ccccc2)=C1. The second-order valence-corrected chi connectivity index (χ2v) is 14.2. The number of allylic oxidation sites excluding steroid dienone is 4. The molecule has 7 aromatic carbocycles. The average Bonchev–Trinajstić information content (AvgIpc) is 3.29. The second kappa shape index (κ2) is 14.2. The predicted molar refractivity (Wildman–Crippen MR) is 230 cm³/mol. The first kappa shape index (κ1) is 33.3. The summed E-state index contributed by atoms with van der Waals surface area (Å²) in [4.78, 5) is 22.5. The van der Waals surface area contributed by atoms with Crippen molar-refractivity contribution >= 4 is 27.2 Å². The van der Waals surface area contributed by atoms with Gasteiger partial charge in [0.1, 0.15) is 0 Å². The van der Waals surface area contributed by atoms with Crippen LogP contribution >= 0.6 is 0 Å². The van der Waals surface area contributed by atoms with E-state index in [1.807, 2.05) is 30.3 Å². The van der Waals surface area contributed by atoms with Gasteiger partial charge in [-0.2, -0.15) is 0 Å². The first-order chi connectivity index (χ1) is 27.7. The Hall–Kier alpha value is -7.30. The van der Waals surface area contributed by atoms with Gasteiger partial charge in [-0.25, -0.2) is 19.9 Å². The largest absolute Gasteiger partial charge is 0.247 e. The van der Waals surface area contributed by atoms with Crippen molar-refractivity contribution < 1.29 is 0 Å². The van der Waals surface area contributed by atoms with Crippen LogP contribution in [0.2, 0.25) is 0 Å². The van der Waals surface area contributed by atoms with Crippen LogP contribution in [0.1, 0.15) is 23.4 Å². The zero-order valence-corrected chi connectivity index (χ0v) is 30.6. The van der Waals surface area contributed by atoms with Crippen molar-refractivity contribution in [3.8, 4) is 45.2 Å². The van der Waals surface area contributed by atoms with Gasteiger partial charge in [-0.05, 0) is 22.9 Å². The molecule has 0 radical (unpaired) electrons. The van der Waals surface area contributed by atoms with E-state index in [0.29, 0.717) is 12.2 Å². The maximum atomic E-state index is 5.87. The van der Waals surface area contributed by atoms with Gasteiger partial charge in [0.25, 0.3) is 0 Å². The molecule has 0 N–H and O–H groups in total. The third kappa shape index (κ3) is 5.89. The minimum Gasteiger partial charge on any atom is -0.247 e. The van der Waals surface area contributed by atoms with E-state index >= 15 is 0 Å². The lowest BCUT2D eigenvalue weighted by Crippen LogP contribution is -2.32. The lowest BCUT2D eigenvalue weighted by molar-refractivity contribution is 0.618. The van der Waals surface area contributed by atoms with Crippen molar-refractivity contribution in [3.05, 3.63) is 223 Å². The van der Waals surface area contributed by atoms with Gasteiger partial charge in [-0.3, -0.25) is 0 Å². The molecule has 0 amide bonds. The van der Waals surface area contributed by atoms with E-state index in [2.05, 4.69) is 176 Å². The molecule has 2 heterocycles. The molecule has 4 nitrogen and oxygen atoms in total. The van der Waals surface area contributed by atoms with Crippen LogP contribution in [-0.4, -0.2) is 19.9 Å². The first-order valence-electron chi connectivity index (χ1n) is 19.0. The van der Waals surface area contributed by atoms with Crippen molar-refractivity contribution in [2.45, 2.75) is 11.8 Å². The topological polar surface area (TPSA) is 51.6 Å². The molecule has 0 bridgehead atoms. The molecule has 1 aliphatic rings. The highest BCUT2D eigenvalue weighted by atomic mass is 14.9. The minimum atomic E-state index is -0.871. The molecular formula is C52H36N4. The Morgan fingerprint density at radius 1 is 0.375 bits per heavy atom. The van der Waals surface area contributed by atoms with Crippen LogP contribution in [0.5, 0.6) is 0 Å². The summed E-state index contributed by atoms with van der Waals surface area (Å²) in [7, 11) is 0. The van der Waals surface area contributed by atoms with Crippen LogP contribution < -0.4 is 0 Å². The Morgan fingerprint density at radius 3 is 1.52 bits per heavy atom. The summed E-state index contributed by atoms with van der Waals surface area (Å²) in [5.41, 5.74) is 10.5. The maximum Gasteiger partial charge on any atom is 0.160 e. The van der Waals surface area contributed by atoms with Gasteiger partial charge < -0.3 is 0 Å². The quantitative estimate of drug-likeness (QED) is 0.154. The van der Waals surface area contributed by atoms with Crippen LogP contribution in [-0.2, 0) is 5.41 Å². The molecule has 1 aliphatic carbocycles. The molecule has 1 atom stereocenters. The molecular weight excluding hydrogens is 681 g/mol. The van der Waals surface area contributed by atoms with Gasteiger partial charge in [0.2, 0.25) is 0 Å². The summed E-state index contributed by atoms with van der Waals surface area (Å²) in [6, 6.07) is 65.2. The number of nitrogens with zero attached hydrogens (tertiary/aromatic N) is 4. The summed E-state index contributed by atoms with van der Waals surface area (Å²) >= 11 is 0. The number of aromatic nitrogens is 4.